The Bertz CT molecular complexity index is 1270. The third-order valence-electron chi connectivity index (χ3n) is 6.31. The molecule has 2 aromatic carbocycles. The Balaban J connectivity index is 1.71. The van der Waals surface area contributed by atoms with Crippen molar-refractivity contribution in [2.75, 3.05) is 12.4 Å². The molecule has 0 spiro atoms. The number of hydrogen-bond acceptors (Lipinski definition) is 6. The first-order valence-corrected chi connectivity index (χ1v) is 10.3. The predicted molar refractivity (Wildman–Crippen MR) is 122 cm³/mol. The number of hydrogen-bond donors (Lipinski definition) is 2. The highest BCUT2D eigenvalue weighted by molar-refractivity contribution is 6.06. The van der Waals surface area contributed by atoms with Gasteiger partial charge in [-0.25, -0.2) is 14.4 Å². The smallest absolute Gasteiger partial charge is 0.278 e. The number of aromatic nitrogens is 1. The van der Waals surface area contributed by atoms with Gasteiger partial charge in [0.15, 0.2) is 23.8 Å². The molecule has 0 fully saturated rings. The zero-order valence-electron chi connectivity index (χ0n) is 18.7. The average Bonchev–Trinajstić information content (AvgIpc) is 3.29. The van der Waals surface area contributed by atoms with Crippen molar-refractivity contribution in [1.29, 1.82) is 0 Å². The second kappa shape index (κ2) is 7.84. The summed E-state index contributed by atoms with van der Waals surface area (Å²) in [5.74, 6) is -1.06. The summed E-state index contributed by atoms with van der Waals surface area (Å²) in [4.78, 5) is 35.6. The van der Waals surface area contributed by atoms with Gasteiger partial charge in [0, 0.05) is 23.9 Å². The van der Waals surface area contributed by atoms with Crippen molar-refractivity contribution in [3.63, 3.8) is 0 Å². The van der Waals surface area contributed by atoms with E-state index in [0.29, 0.717) is 17.0 Å². The number of aliphatic imine (C=N–C) groups is 1. The van der Waals surface area contributed by atoms with E-state index in [0.717, 1.165) is 0 Å². The number of anilines is 1. The van der Waals surface area contributed by atoms with Gasteiger partial charge in [-0.15, -0.1) is 0 Å². The Kier molecular flexibility index (Phi) is 5.27. The van der Waals surface area contributed by atoms with Crippen LogP contribution in [0.1, 0.15) is 36.8 Å². The topological polar surface area (TPSA) is 114 Å². The molecule has 170 valence electrons. The fourth-order valence-corrected chi connectivity index (χ4v) is 3.94. The van der Waals surface area contributed by atoms with Gasteiger partial charge in [-0.2, -0.15) is 0 Å². The Labute approximate surface area is 190 Å². The fraction of sp³-hybridized carbons (Fsp3) is 0.250. The Hall–Kier alpha value is -4.01. The predicted octanol–water partition coefficient (Wildman–Crippen LogP) is 3.76. The van der Waals surface area contributed by atoms with Crippen molar-refractivity contribution in [3.05, 3.63) is 72.0 Å². The van der Waals surface area contributed by atoms with Crippen molar-refractivity contribution >= 4 is 23.5 Å². The first-order valence-electron chi connectivity index (χ1n) is 10.3. The van der Waals surface area contributed by atoms with Crippen LogP contribution in [0.3, 0.4) is 0 Å². The summed E-state index contributed by atoms with van der Waals surface area (Å²) in [5.41, 5.74) is 4.80. The molecule has 1 aliphatic rings. The Morgan fingerprint density at radius 2 is 1.85 bits per heavy atom. The molecule has 8 nitrogen and oxygen atoms in total. The maximum Gasteiger partial charge on any atom is 0.278 e. The molecule has 2 amide bonds. The van der Waals surface area contributed by atoms with Crippen LogP contribution in [0.5, 0.6) is 0 Å². The number of benzene rings is 2. The minimum Gasteiger partial charge on any atom is -0.443 e. The molecule has 0 aliphatic carbocycles. The van der Waals surface area contributed by atoms with Crippen molar-refractivity contribution in [2.24, 2.45) is 16.1 Å². The first kappa shape index (κ1) is 22.2. The highest BCUT2D eigenvalue weighted by Gasteiger charge is 2.53. The number of carbonyl (C=O) groups excluding carboxylic acids is 2. The summed E-state index contributed by atoms with van der Waals surface area (Å²) in [5, 5.41) is 2.73. The van der Waals surface area contributed by atoms with Gasteiger partial charge in [0.25, 0.3) is 5.91 Å². The number of rotatable bonds is 4. The molecule has 0 radical (unpaired) electrons. The molecule has 9 heteroatoms. The lowest BCUT2D eigenvalue weighted by Crippen LogP contribution is -2.58. The molecule has 0 saturated carbocycles. The average molecular weight is 449 g/mol. The number of carbonyl (C=O) groups is 2. The van der Waals surface area contributed by atoms with Crippen molar-refractivity contribution < 1.29 is 18.4 Å². The van der Waals surface area contributed by atoms with E-state index < -0.39 is 22.7 Å². The molecule has 2 heterocycles. The molecule has 1 aromatic heterocycles. The highest BCUT2D eigenvalue weighted by atomic mass is 19.1. The zero-order valence-corrected chi connectivity index (χ0v) is 18.7. The second-order valence-corrected chi connectivity index (χ2v) is 8.58. The zero-order chi connectivity index (χ0) is 24.0. The summed E-state index contributed by atoms with van der Waals surface area (Å²) in [7, 11) is 1.53. The maximum absolute atomic E-state index is 15.0. The minimum atomic E-state index is -1.30. The number of nitrogens with one attached hydrogen (secondary N) is 1. The molecule has 0 unspecified atom stereocenters. The molecular formula is C24H24FN5O3. The first-order chi connectivity index (χ1) is 15.6. The lowest BCUT2D eigenvalue weighted by atomic mass is 9.67. The van der Waals surface area contributed by atoms with E-state index in [1.165, 1.54) is 36.5 Å². The van der Waals surface area contributed by atoms with Crippen LogP contribution in [0, 0.1) is 11.2 Å². The van der Waals surface area contributed by atoms with Gasteiger partial charge >= 0.3 is 0 Å². The van der Waals surface area contributed by atoms with Crippen molar-refractivity contribution in [2.45, 2.75) is 26.3 Å². The number of guanidine groups is 1. The quantitative estimate of drug-likeness (QED) is 0.630. The van der Waals surface area contributed by atoms with Gasteiger partial charge in [-0.05, 0) is 39.0 Å². The minimum absolute atomic E-state index is 0.00855. The summed E-state index contributed by atoms with van der Waals surface area (Å²) in [6.07, 6.45) is 1.19. The van der Waals surface area contributed by atoms with Gasteiger partial charge in [-0.3, -0.25) is 14.5 Å². The summed E-state index contributed by atoms with van der Waals surface area (Å²) in [6, 6.07) is 13.2. The number of nitrogens with two attached hydrogens (primary N) is 1. The molecule has 0 bridgehead atoms. The van der Waals surface area contributed by atoms with Crippen LogP contribution in [0.4, 0.5) is 10.1 Å². The van der Waals surface area contributed by atoms with E-state index in [-0.39, 0.29) is 23.1 Å². The number of amides is 2. The molecule has 1 atom stereocenters. The van der Waals surface area contributed by atoms with E-state index in [1.807, 2.05) is 18.2 Å². The van der Waals surface area contributed by atoms with Crippen LogP contribution >= 0.6 is 0 Å². The van der Waals surface area contributed by atoms with Crippen LogP contribution in [-0.2, 0) is 10.3 Å². The van der Waals surface area contributed by atoms with Crippen LogP contribution < -0.4 is 11.1 Å². The van der Waals surface area contributed by atoms with E-state index in [1.54, 1.807) is 32.9 Å². The standard InChI is InChI=1S/C24H24FN5O3/c1-23(2)21(32)30(4)22(26)29-24(23,3)16-12-15(10-11-17(16)25)28-20(31)18-19(33-13-27-18)14-8-6-5-7-9-14/h5-13H,1-4H3,(H2,26,29)(H,28,31)/t24-/m1/s1. The van der Waals surface area contributed by atoms with Gasteiger partial charge in [-0.1, -0.05) is 30.3 Å². The molecule has 1 aliphatic heterocycles. The van der Waals surface area contributed by atoms with E-state index in [9.17, 15) is 9.59 Å². The fourth-order valence-electron chi connectivity index (χ4n) is 3.94. The SMILES string of the molecule is CN1C(=O)C(C)(C)[C@@](C)(c2cc(NC(=O)c3ncoc3-c3ccccc3)ccc2F)N=C1N. The van der Waals surface area contributed by atoms with Crippen LogP contribution in [0.2, 0.25) is 0 Å². The lowest BCUT2D eigenvalue weighted by molar-refractivity contribution is -0.140. The third-order valence-corrected chi connectivity index (χ3v) is 6.31. The maximum atomic E-state index is 15.0. The normalized spacial score (nSPS) is 19.8. The van der Waals surface area contributed by atoms with Gasteiger partial charge in [0.2, 0.25) is 5.91 Å². The van der Waals surface area contributed by atoms with E-state index in [4.69, 9.17) is 10.2 Å². The summed E-state index contributed by atoms with van der Waals surface area (Å²) >= 11 is 0. The number of halogens is 1. The second-order valence-electron chi connectivity index (χ2n) is 8.58. The van der Waals surface area contributed by atoms with E-state index >= 15 is 4.39 Å². The lowest BCUT2D eigenvalue weighted by Gasteiger charge is -2.46. The van der Waals surface area contributed by atoms with Gasteiger partial charge in [0.05, 0.1) is 5.41 Å². The van der Waals surface area contributed by atoms with Crippen molar-refractivity contribution in [1.82, 2.24) is 9.88 Å². The molecular weight excluding hydrogens is 425 g/mol. The Morgan fingerprint density at radius 3 is 2.55 bits per heavy atom. The van der Waals surface area contributed by atoms with Crippen LogP contribution in [0.15, 0.2) is 64.3 Å². The van der Waals surface area contributed by atoms with Gasteiger partial charge < -0.3 is 15.5 Å². The summed E-state index contributed by atoms with van der Waals surface area (Å²) in [6.45, 7) is 5.03. The molecule has 0 saturated heterocycles. The highest BCUT2D eigenvalue weighted by Crippen LogP contribution is 2.47. The van der Waals surface area contributed by atoms with E-state index in [2.05, 4.69) is 15.3 Å². The third kappa shape index (κ3) is 3.55. The van der Waals surface area contributed by atoms with Crippen LogP contribution in [0.25, 0.3) is 11.3 Å². The molecule has 4 rings (SSSR count). The number of oxazole rings is 1. The monoisotopic (exact) mass is 449 g/mol. The summed E-state index contributed by atoms with van der Waals surface area (Å²) < 4.78 is 20.4. The molecule has 33 heavy (non-hydrogen) atoms. The Morgan fingerprint density at radius 1 is 1.15 bits per heavy atom. The molecule has 3 N–H and O–H groups in total. The van der Waals surface area contributed by atoms with Crippen molar-refractivity contribution in [3.8, 4) is 11.3 Å². The molecule has 3 aromatic rings. The largest absolute Gasteiger partial charge is 0.443 e. The number of nitrogens with zero attached hydrogens (tertiary/aromatic N) is 3. The van der Waals surface area contributed by atoms with Crippen LogP contribution in [-0.4, -0.2) is 34.7 Å². The van der Waals surface area contributed by atoms with Gasteiger partial charge in [0.1, 0.15) is 11.4 Å².